The topological polar surface area (TPSA) is 51.3 Å². The second-order valence-corrected chi connectivity index (χ2v) is 7.81. The van der Waals surface area contributed by atoms with E-state index in [0.29, 0.717) is 16.0 Å². The number of hydrogen-bond donors (Lipinski definition) is 1. The summed E-state index contributed by atoms with van der Waals surface area (Å²) in [6, 6.07) is 11.6. The molecule has 7 heteroatoms. The highest BCUT2D eigenvalue weighted by Crippen LogP contribution is 2.29. The molecule has 0 spiro atoms. The van der Waals surface area contributed by atoms with Crippen molar-refractivity contribution in [3.05, 3.63) is 51.7 Å². The maximum absolute atomic E-state index is 6.06. The van der Waals surface area contributed by atoms with Gasteiger partial charge in [-0.2, -0.15) is 0 Å². The van der Waals surface area contributed by atoms with E-state index in [4.69, 9.17) is 17.3 Å². The zero-order chi connectivity index (χ0) is 15.5. The highest BCUT2D eigenvalue weighted by atomic mass is 35.5. The molecule has 2 aromatic heterocycles. The van der Waals surface area contributed by atoms with Crippen LogP contribution in [0.25, 0.3) is 11.3 Å². The standard InChI is InChI=1S/C15H12ClN3S3/c1-20-13-7-6-12(22-13)14(17)19-15-18-11(8-21-15)9-2-4-10(16)5-3-9/h2-8H,1H3,(H2,17,18,19). The summed E-state index contributed by atoms with van der Waals surface area (Å²) < 4.78 is 1.22. The molecule has 3 rings (SSSR count). The van der Waals surface area contributed by atoms with Gasteiger partial charge in [-0.05, 0) is 30.5 Å². The van der Waals surface area contributed by atoms with Gasteiger partial charge in [-0.3, -0.25) is 0 Å². The van der Waals surface area contributed by atoms with Crippen LogP contribution in [0, 0.1) is 0 Å². The Morgan fingerprint density at radius 3 is 2.68 bits per heavy atom. The minimum absolute atomic E-state index is 0.502. The lowest BCUT2D eigenvalue weighted by atomic mass is 10.2. The summed E-state index contributed by atoms with van der Waals surface area (Å²) in [5, 5.41) is 3.34. The SMILES string of the molecule is CSc1ccc(C(N)=Nc2nc(-c3ccc(Cl)cc3)cs2)s1. The smallest absolute Gasteiger partial charge is 0.211 e. The van der Waals surface area contributed by atoms with Crippen molar-refractivity contribution in [2.24, 2.45) is 10.7 Å². The molecule has 0 amide bonds. The number of aromatic nitrogens is 1. The van der Waals surface area contributed by atoms with Crippen LogP contribution in [-0.4, -0.2) is 17.1 Å². The van der Waals surface area contributed by atoms with Crippen LogP contribution < -0.4 is 5.73 Å². The van der Waals surface area contributed by atoms with E-state index in [-0.39, 0.29) is 0 Å². The second kappa shape index (κ2) is 6.83. The Morgan fingerprint density at radius 1 is 1.23 bits per heavy atom. The third kappa shape index (κ3) is 3.52. The van der Waals surface area contributed by atoms with Crippen LogP contribution in [0.3, 0.4) is 0 Å². The van der Waals surface area contributed by atoms with Gasteiger partial charge < -0.3 is 5.73 Å². The summed E-state index contributed by atoms with van der Waals surface area (Å²) in [4.78, 5) is 9.89. The van der Waals surface area contributed by atoms with Crippen LogP contribution in [0.4, 0.5) is 5.13 Å². The average molecular weight is 366 g/mol. The number of rotatable bonds is 4. The summed E-state index contributed by atoms with van der Waals surface area (Å²) in [7, 11) is 0. The molecule has 0 fully saturated rings. The van der Waals surface area contributed by atoms with E-state index >= 15 is 0 Å². The Labute approximate surface area is 145 Å². The molecule has 22 heavy (non-hydrogen) atoms. The van der Waals surface area contributed by atoms with Crippen molar-refractivity contribution in [3.63, 3.8) is 0 Å². The van der Waals surface area contributed by atoms with Crippen molar-refractivity contribution in [3.8, 4) is 11.3 Å². The summed E-state index contributed by atoms with van der Waals surface area (Å²) in [6.45, 7) is 0. The molecule has 3 aromatic rings. The van der Waals surface area contributed by atoms with Crippen molar-refractivity contribution in [1.29, 1.82) is 0 Å². The lowest BCUT2D eigenvalue weighted by molar-refractivity contribution is 1.34. The number of nitrogens with two attached hydrogens (primary N) is 1. The maximum atomic E-state index is 6.06. The highest BCUT2D eigenvalue weighted by molar-refractivity contribution is 8.00. The fourth-order valence-electron chi connectivity index (χ4n) is 1.79. The van der Waals surface area contributed by atoms with Crippen LogP contribution in [-0.2, 0) is 0 Å². The van der Waals surface area contributed by atoms with E-state index in [2.05, 4.69) is 9.98 Å². The van der Waals surface area contributed by atoms with E-state index in [1.165, 1.54) is 15.5 Å². The third-order valence-electron chi connectivity index (χ3n) is 2.88. The number of thioether (sulfide) groups is 1. The molecule has 2 N–H and O–H groups in total. The fraction of sp³-hybridized carbons (Fsp3) is 0.0667. The predicted octanol–water partition coefficient (Wildman–Crippen LogP) is 5.28. The Kier molecular flexibility index (Phi) is 4.83. The molecule has 0 unspecified atom stereocenters. The Hall–Kier alpha value is -1.34. The molecule has 0 aliphatic carbocycles. The Balaban J connectivity index is 1.84. The fourth-order valence-corrected chi connectivity index (χ4v) is 4.07. The van der Waals surface area contributed by atoms with Gasteiger partial charge in [0.15, 0.2) is 0 Å². The van der Waals surface area contributed by atoms with E-state index in [0.717, 1.165) is 16.1 Å². The van der Waals surface area contributed by atoms with Crippen molar-refractivity contribution in [1.82, 2.24) is 4.98 Å². The highest BCUT2D eigenvalue weighted by Gasteiger charge is 2.07. The van der Waals surface area contributed by atoms with Crippen molar-refractivity contribution in [2.45, 2.75) is 4.21 Å². The van der Waals surface area contributed by atoms with Crippen LogP contribution >= 0.6 is 46.0 Å². The van der Waals surface area contributed by atoms with Gasteiger partial charge in [-0.1, -0.05) is 23.7 Å². The van der Waals surface area contributed by atoms with Crippen molar-refractivity contribution < 1.29 is 0 Å². The molecule has 2 heterocycles. The normalized spacial score (nSPS) is 11.8. The van der Waals surface area contributed by atoms with E-state index in [9.17, 15) is 0 Å². The lowest BCUT2D eigenvalue weighted by Gasteiger charge is -1.96. The zero-order valence-electron chi connectivity index (χ0n) is 11.6. The summed E-state index contributed by atoms with van der Waals surface area (Å²) >= 11 is 10.7. The number of halogens is 1. The average Bonchev–Trinajstić information content (AvgIpc) is 3.17. The molecule has 0 atom stereocenters. The number of benzene rings is 1. The second-order valence-electron chi connectivity index (χ2n) is 4.34. The molecular weight excluding hydrogens is 354 g/mol. The van der Waals surface area contributed by atoms with Gasteiger partial charge in [0.05, 0.1) is 14.8 Å². The van der Waals surface area contributed by atoms with E-state index in [1.807, 2.05) is 48.0 Å². The summed E-state index contributed by atoms with van der Waals surface area (Å²) in [5.41, 5.74) is 7.96. The molecule has 112 valence electrons. The van der Waals surface area contributed by atoms with Crippen LogP contribution in [0.1, 0.15) is 4.88 Å². The number of thiazole rings is 1. The van der Waals surface area contributed by atoms with Crippen LogP contribution in [0.5, 0.6) is 0 Å². The zero-order valence-corrected chi connectivity index (χ0v) is 14.8. The molecule has 3 nitrogen and oxygen atoms in total. The number of thiophene rings is 1. The van der Waals surface area contributed by atoms with Gasteiger partial charge in [-0.15, -0.1) is 34.4 Å². The van der Waals surface area contributed by atoms with Gasteiger partial charge in [-0.25, -0.2) is 9.98 Å². The number of aliphatic imine (C=N–C) groups is 1. The molecule has 0 bridgehead atoms. The largest absolute Gasteiger partial charge is 0.382 e. The Bertz CT molecular complexity index is 806. The first kappa shape index (κ1) is 15.6. The lowest BCUT2D eigenvalue weighted by Crippen LogP contribution is -2.10. The molecule has 0 aliphatic heterocycles. The van der Waals surface area contributed by atoms with Crippen LogP contribution in [0.15, 0.2) is 51.0 Å². The maximum Gasteiger partial charge on any atom is 0.211 e. The van der Waals surface area contributed by atoms with Gasteiger partial charge in [0.2, 0.25) is 5.13 Å². The number of nitrogens with zero attached hydrogens (tertiary/aromatic N) is 2. The minimum atomic E-state index is 0.502. The van der Waals surface area contributed by atoms with E-state index in [1.54, 1.807) is 23.1 Å². The van der Waals surface area contributed by atoms with Crippen LogP contribution in [0.2, 0.25) is 5.02 Å². The van der Waals surface area contributed by atoms with E-state index < -0.39 is 0 Å². The van der Waals surface area contributed by atoms with Crippen molar-refractivity contribution >= 4 is 57.0 Å². The predicted molar refractivity (Wildman–Crippen MR) is 99.0 cm³/mol. The van der Waals surface area contributed by atoms with Gasteiger partial charge in [0.25, 0.3) is 0 Å². The molecule has 0 saturated carbocycles. The summed E-state index contributed by atoms with van der Waals surface area (Å²) in [6.07, 6.45) is 2.04. The minimum Gasteiger partial charge on any atom is -0.382 e. The first-order chi connectivity index (χ1) is 10.7. The molecular formula is C15H12ClN3S3. The first-order valence-electron chi connectivity index (χ1n) is 6.35. The molecule has 0 saturated heterocycles. The number of hydrogen-bond acceptors (Lipinski definition) is 5. The summed E-state index contributed by atoms with van der Waals surface area (Å²) in [5.74, 6) is 0.502. The van der Waals surface area contributed by atoms with Gasteiger partial charge in [0.1, 0.15) is 5.84 Å². The quantitative estimate of drug-likeness (QED) is 0.388. The number of amidine groups is 1. The first-order valence-corrected chi connectivity index (χ1v) is 9.65. The molecule has 1 aromatic carbocycles. The van der Waals surface area contributed by atoms with Crippen molar-refractivity contribution in [2.75, 3.05) is 6.26 Å². The molecule has 0 aliphatic rings. The third-order valence-corrected chi connectivity index (χ3v) is 6.06. The molecule has 0 radical (unpaired) electrons. The Morgan fingerprint density at radius 2 is 2.00 bits per heavy atom. The van der Waals surface area contributed by atoms with Gasteiger partial charge >= 0.3 is 0 Å². The monoisotopic (exact) mass is 365 g/mol. The van der Waals surface area contributed by atoms with Gasteiger partial charge in [0, 0.05) is 16.0 Å².